The Morgan fingerprint density at radius 1 is 1.60 bits per heavy atom. The van der Waals surface area contributed by atoms with Crippen LogP contribution in [0.2, 0.25) is 0 Å². The van der Waals surface area contributed by atoms with Crippen LogP contribution in [0.15, 0.2) is 12.7 Å². The van der Waals surface area contributed by atoms with Gasteiger partial charge in [-0.1, -0.05) is 35.9 Å². The van der Waals surface area contributed by atoms with E-state index in [1.807, 2.05) is 6.08 Å². The van der Waals surface area contributed by atoms with Crippen molar-refractivity contribution < 1.29 is 0 Å². The molecule has 0 aliphatic carbocycles. The summed E-state index contributed by atoms with van der Waals surface area (Å²) in [6.45, 7) is 8.27. The van der Waals surface area contributed by atoms with E-state index in [1.54, 1.807) is 0 Å². The third-order valence-electron chi connectivity index (χ3n) is 2.13. The topological polar surface area (TPSA) is 0 Å². The highest BCUT2D eigenvalue weighted by atomic mass is 79.9. The molecule has 0 aromatic carbocycles. The van der Waals surface area contributed by atoms with Gasteiger partial charge in [0.1, 0.15) is 0 Å². The van der Waals surface area contributed by atoms with E-state index in [0.717, 1.165) is 11.8 Å². The molecule has 0 spiro atoms. The number of alkyl halides is 1. The Hall–Kier alpha value is 0.220. The lowest BCUT2D eigenvalue weighted by Crippen LogP contribution is -2.16. The molecule has 0 fully saturated rings. The maximum atomic E-state index is 3.72. The first kappa shape index (κ1) is 10.2. The van der Waals surface area contributed by atoms with Crippen LogP contribution in [-0.4, -0.2) is 5.33 Å². The lowest BCUT2D eigenvalue weighted by molar-refractivity contribution is 0.336. The molecular formula is C9H17Br. The molecule has 0 nitrogen and oxygen atoms in total. The Balaban J connectivity index is 3.68. The number of rotatable bonds is 5. The maximum Gasteiger partial charge on any atom is 0.00853 e. The lowest BCUT2D eigenvalue weighted by atomic mass is 9.85. The van der Waals surface area contributed by atoms with Crippen molar-refractivity contribution in [2.75, 3.05) is 5.33 Å². The van der Waals surface area contributed by atoms with Gasteiger partial charge in [0, 0.05) is 5.33 Å². The maximum absolute atomic E-state index is 3.72. The van der Waals surface area contributed by atoms with E-state index in [0.29, 0.717) is 5.41 Å². The average molecular weight is 205 g/mol. The highest BCUT2D eigenvalue weighted by molar-refractivity contribution is 9.09. The molecule has 0 heterocycles. The van der Waals surface area contributed by atoms with Gasteiger partial charge in [-0.15, -0.1) is 6.58 Å². The summed E-state index contributed by atoms with van der Waals surface area (Å²) in [6.07, 6.45) is 5.62. The van der Waals surface area contributed by atoms with Crippen molar-refractivity contribution in [3.63, 3.8) is 0 Å². The van der Waals surface area contributed by atoms with Crippen molar-refractivity contribution in [2.45, 2.75) is 33.1 Å². The molecule has 1 atom stereocenters. The van der Waals surface area contributed by atoms with Gasteiger partial charge in [0.05, 0.1) is 0 Å². The van der Waals surface area contributed by atoms with Crippen molar-refractivity contribution in [1.82, 2.24) is 0 Å². The van der Waals surface area contributed by atoms with E-state index in [4.69, 9.17) is 0 Å². The minimum absolute atomic E-state index is 0.480. The average Bonchev–Trinajstić information content (AvgIpc) is 2.00. The SMILES string of the molecule is C=CCCC(C)(CC)CBr. The van der Waals surface area contributed by atoms with E-state index in [2.05, 4.69) is 36.4 Å². The first-order chi connectivity index (χ1) is 4.68. The van der Waals surface area contributed by atoms with Gasteiger partial charge >= 0.3 is 0 Å². The van der Waals surface area contributed by atoms with Crippen LogP contribution < -0.4 is 0 Å². The first-order valence-electron chi connectivity index (χ1n) is 3.85. The zero-order valence-electron chi connectivity index (χ0n) is 6.99. The fourth-order valence-corrected chi connectivity index (χ4v) is 1.47. The number of allylic oxidation sites excluding steroid dienone is 1. The summed E-state index contributed by atoms with van der Waals surface area (Å²) in [5, 5.41) is 1.10. The molecule has 10 heavy (non-hydrogen) atoms. The van der Waals surface area contributed by atoms with Gasteiger partial charge in [-0.25, -0.2) is 0 Å². The van der Waals surface area contributed by atoms with Crippen LogP contribution in [0.1, 0.15) is 33.1 Å². The van der Waals surface area contributed by atoms with Crippen LogP contribution in [0.4, 0.5) is 0 Å². The molecule has 0 aliphatic heterocycles. The van der Waals surface area contributed by atoms with Crippen molar-refractivity contribution in [3.05, 3.63) is 12.7 Å². The van der Waals surface area contributed by atoms with Gasteiger partial charge < -0.3 is 0 Å². The molecule has 1 heteroatoms. The molecule has 60 valence electrons. The Morgan fingerprint density at radius 3 is 2.50 bits per heavy atom. The van der Waals surface area contributed by atoms with Gasteiger partial charge in [0.25, 0.3) is 0 Å². The summed E-state index contributed by atoms with van der Waals surface area (Å²) < 4.78 is 0. The predicted molar refractivity (Wildman–Crippen MR) is 51.6 cm³/mol. The van der Waals surface area contributed by atoms with E-state index >= 15 is 0 Å². The third-order valence-corrected chi connectivity index (χ3v) is 3.48. The Bertz CT molecular complexity index is 92.9. The highest BCUT2D eigenvalue weighted by Gasteiger charge is 2.18. The summed E-state index contributed by atoms with van der Waals surface area (Å²) in [6, 6.07) is 0. The number of hydrogen-bond donors (Lipinski definition) is 0. The van der Waals surface area contributed by atoms with E-state index < -0.39 is 0 Å². The van der Waals surface area contributed by atoms with Gasteiger partial charge in [-0.05, 0) is 24.7 Å². The summed E-state index contributed by atoms with van der Waals surface area (Å²) in [5.41, 5.74) is 0.480. The summed E-state index contributed by atoms with van der Waals surface area (Å²) in [4.78, 5) is 0. The lowest BCUT2D eigenvalue weighted by Gasteiger charge is -2.24. The predicted octanol–water partition coefficient (Wildman–Crippen LogP) is 3.76. The second kappa shape index (κ2) is 4.95. The van der Waals surface area contributed by atoms with Crippen LogP contribution in [0.25, 0.3) is 0 Å². The van der Waals surface area contributed by atoms with Gasteiger partial charge in [0.2, 0.25) is 0 Å². The van der Waals surface area contributed by atoms with E-state index in [9.17, 15) is 0 Å². The van der Waals surface area contributed by atoms with Gasteiger partial charge in [-0.2, -0.15) is 0 Å². The van der Waals surface area contributed by atoms with Crippen LogP contribution >= 0.6 is 15.9 Å². The van der Waals surface area contributed by atoms with Crippen molar-refractivity contribution in [2.24, 2.45) is 5.41 Å². The molecule has 0 saturated heterocycles. The quantitative estimate of drug-likeness (QED) is 0.473. The standard InChI is InChI=1S/C9H17Br/c1-4-6-7-9(3,5-2)8-10/h4H,1,5-8H2,2-3H3. The zero-order chi connectivity index (χ0) is 8.04. The Kier molecular flexibility index (Phi) is 5.06. The fraction of sp³-hybridized carbons (Fsp3) is 0.778. The van der Waals surface area contributed by atoms with Crippen LogP contribution in [0.5, 0.6) is 0 Å². The minimum Gasteiger partial charge on any atom is -0.103 e. The molecule has 0 amide bonds. The smallest absolute Gasteiger partial charge is 0.00853 e. The highest BCUT2D eigenvalue weighted by Crippen LogP contribution is 2.29. The first-order valence-corrected chi connectivity index (χ1v) is 4.97. The Morgan fingerprint density at radius 2 is 2.20 bits per heavy atom. The molecule has 0 aromatic heterocycles. The van der Waals surface area contributed by atoms with Crippen LogP contribution in [0, 0.1) is 5.41 Å². The van der Waals surface area contributed by atoms with Crippen LogP contribution in [-0.2, 0) is 0 Å². The summed E-state index contributed by atoms with van der Waals surface area (Å²) in [7, 11) is 0. The largest absolute Gasteiger partial charge is 0.103 e. The number of hydrogen-bond acceptors (Lipinski definition) is 0. The third kappa shape index (κ3) is 3.40. The monoisotopic (exact) mass is 204 g/mol. The molecule has 0 bridgehead atoms. The molecule has 0 radical (unpaired) electrons. The molecule has 1 unspecified atom stereocenters. The van der Waals surface area contributed by atoms with E-state index in [1.165, 1.54) is 12.8 Å². The number of halogens is 1. The van der Waals surface area contributed by atoms with Crippen molar-refractivity contribution >= 4 is 15.9 Å². The van der Waals surface area contributed by atoms with E-state index in [-0.39, 0.29) is 0 Å². The minimum atomic E-state index is 0.480. The normalized spacial score (nSPS) is 16.3. The van der Waals surface area contributed by atoms with Gasteiger partial charge in [-0.3, -0.25) is 0 Å². The van der Waals surface area contributed by atoms with Crippen molar-refractivity contribution in [1.29, 1.82) is 0 Å². The molecule has 0 aliphatic rings. The summed E-state index contributed by atoms with van der Waals surface area (Å²) >= 11 is 3.53. The molecular weight excluding hydrogens is 188 g/mol. The fourth-order valence-electron chi connectivity index (χ4n) is 0.789. The van der Waals surface area contributed by atoms with Crippen molar-refractivity contribution in [3.8, 4) is 0 Å². The summed E-state index contributed by atoms with van der Waals surface area (Å²) in [5.74, 6) is 0. The second-order valence-electron chi connectivity index (χ2n) is 3.13. The molecule has 0 saturated carbocycles. The molecule has 0 rings (SSSR count). The molecule has 0 aromatic rings. The molecule has 0 N–H and O–H groups in total. The zero-order valence-corrected chi connectivity index (χ0v) is 8.58. The second-order valence-corrected chi connectivity index (χ2v) is 3.69. The van der Waals surface area contributed by atoms with Crippen LogP contribution in [0.3, 0.4) is 0 Å². The Labute approximate surface area is 72.8 Å². The van der Waals surface area contributed by atoms with Gasteiger partial charge in [0.15, 0.2) is 0 Å².